The maximum atomic E-state index is 4.98. The van der Waals surface area contributed by atoms with Crippen molar-refractivity contribution in [2.45, 2.75) is 6.92 Å². The fourth-order valence-corrected chi connectivity index (χ4v) is 0.404. The Morgan fingerprint density at radius 2 is 2.57 bits per heavy atom. The third-order valence-corrected chi connectivity index (χ3v) is 0.904. The van der Waals surface area contributed by atoms with Crippen molar-refractivity contribution >= 4 is 18.3 Å². The standard InChI is InChI=1S/C4H8N2S/c1-4(2)7-6-3-5/h3H,1H2,2H3,(H2,5,6)/p+1. The first-order valence-electron chi connectivity index (χ1n) is 1.88. The number of hydrogen-bond donors (Lipinski definition) is 2. The topological polar surface area (TPSA) is 40.0 Å². The molecule has 0 aliphatic heterocycles. The predicted octanol–water partition coefficient (Wildman–Crippen LogP) is -0.764. The van der Waals surface area contributed by atoms with E-state index < -0.39 is 0 Å². The summed E-state index contributed by atoms with van der Waals surface area (Å²) in [4.78, 5) is 1.00. The van der Waals surface area contributed by atoms with Gasteiger partial charge in [0, 0.05) is 4.91 Å². The SMILES string of the molecule is C=C(C)S[NH+]=CN. The van der Waals surface area contributed by atoms with E-state index in [1.807, 2.05) is 6.92 Å². The van der Waals surface area contributed by atoms with Crippen molar-refractivity contribution in [2.24, 2.45) is 5.73 Å². The highest BCUT2D eigenvalue weighted by Gasteiger charge is 1.79. The molecule has 0 rings (SSSR count). The zero-order valence-electron chi connectivity index (χ0n) is 4.27. The van der Waals surface area contributed by atoms with Crippen LogP contribution in [0.2, 0.25) is 0 Å². The van der Waals surface area contributed by atoms with Crippen molar-refractivity contribution in [3.8, 4) is 0 Å². The normalized spacial score (nSPS) is 9.86. The van der Waals surface area contributed by atoms with Crippen LogP contribution in [0.4, 0.5) is 0 Å². The smallest absolute Gasteiger partial charge is 0.239 e. The van der Waals surface area contributed by atoms with Gasteiger partial charge in [-0.1, -0.05) is 6.58 Å². The van der Waals surface area contributed by atoms with Gasteiger partial charge in [-0.3, -0.25) is 5.73 Å². The minimum Gasteiger partial charge on any atom is -0.293 e. The summed E-state index contributed by atoms with van der Waals surface area (Å²) in [6.45, 7) is 5.52. The van der Waals surface area contributed by atoms with Crippen LogP contribution in [0.5, 0.6) is 0 Å². The summed E-state index contributed by atoms with van der Waals surface area (Å²) in [6.07, 6.45) is 1.37. The summed E-state index contributed by atoms with van der Waals surface area (Å²) in [6, 6.07) is 0. The van der Waals surface area contributed by atoms with Gasteiger partial charge in [-0.05, 0) is 6.92 Å². The first-order chi connectivity index (χ1) is 3.27. The summed E-state index contributed by atoms with van der Waals surface area (Å²) < 4.78 is 2.72. The molecule has 0 aromatic carbocycles. The molecule has 3 N–H and O–H groups in total. The quantitative estimate of drug-likeness (QED) is 0.283. The lowest BCUT2D eigenvalue weighted by atomic mass is 10.8. The van der Waals surface area contributed by atoms with Crippen molar-refractivity contribution in [1.82, 2.24) is 0 Å². The van der Waals surface area contributed by atoms with Gasteiger partial charge in [-0.15, -0.1) is 0 Å². The third-order valence-electron chi connectivity index (χ3n) is 0.301. The minimum atomic E-state index is 1.00. The molecule has 0 spiro atoms. The second-order valence-electron chi connectivity index (χ2n) is 1.09. The molecule has 0 atom stereocenters. The van der Waals surface area contributed by atoms with Crippen molar-refractivity contribution in [3.05, 3.63) is 11.5 Å². The highest BCUT2D eigenvalue weighted by atomic mass is 32.2. The monoisotopic (exact) mass is 117 g/mol. The van der Waals surface area contributed by atoms with Crippen LogP contribution < -0.4 is 10.1 Å². The van der Waals surface area contributed by atoms with E-state index in [1.165, 1.54) is 18.3 Å². The molecule has 2 nitrogen and oxygen atoms in total. The molecule has 0 fully saturated rings. The first kappa shape index (κ1) is 6.56. The number of nitrogens with one attached hydrogen (secondary N) is 1. The summed E-state index contributed by atoms with van der Waals surface area (Å²) in [5.74, 6) is 0. The van der Waals surface area contributed by atoms with Crippen molar-refractivity contribution in [2.75, 3.05) is 0 Å². The lowest BCUT2D eigenvalue weighted by Crippen LogP contribution is -2.60. The summed E-state index contributed by atoms with van der Waals surface area (Å²) in [5, 5.41) is 0. The third kappa shape index (κ3) is 5.56. The average molecular weight is 117 g/mol. The van der Waals surface area contributed by atoms with Gasteiger partial charge in [0.1, 0.15) is 0 Å². The largest absolute Gasteiger partial charge is 0.293 e. The average Bonchev–Trinajstić information content (AvgIpc) is 1.61. The van der Waals surface area contributed by atoms with Crippen LogP contribution in [-0.4, -0.2) is 6.34 Å². The maximum Gasteiger partial charge on any atom is 0.239 e. The Labute approximate surface area is 47.6 Å². The van der Waals surface area contributed by atoms with Crippen LogP contribution >= 0.6 is 11.9 Å². The van der Waals surface area contributed by atoms with E-state index >= 15 is 0 Å². The second kappa shape index (κ2) is 3.74. The van der Waals surface area contributed by atoms with Gasteiger partial charge in [-0.2, -0.15) is 0 Å². The Hall–Kier alpha value is -0.440. The molecular formula is C4H9N2S+. The van der Waals surface area contributed by atoms with Crippen LogP contribution in [-0.2, 0) is 0 Å². The van der Waals surface area contributed by atoms with Crippen LogP contribution in [0, 0.1) is 0 Å². The molecule has 0 saturated heterocycles. The number of rotatable bonds is 2. The summed E-state index contributed by atoms with van der Waals surface area (Å²) in [5.41, 5.74) is 4.98. The molecule has 0 amide bonds. The molecule has 0 aliphatic rings. The first-order valence-corrected chi connectivity index (χ1v) is 2.70. The van der Waals surface area contributed by atoms with E-state index in [0.717, 1.165) is 4.91 Å². The molecule has 0 unspecified atom stereocenters. The molecule has 0 heterocycles. The van der Waals surface area contributed by atoms with E-state index in [4.69, 9.17) is 5.73 Å². The molecule has 7 heavy (non-hydrogen) atoms. The lowest BCUT2D eigenvalue weighted by Gasteiger charge is -1.79. The van der Waals surface area contributed by atoms with Gasteiger partial charge in [0.2, 0.25) is 6.34 Å². The molecule has 0 bridgehead atoms. The zero-order valence-corrected chi connectivity index (χ0v) is 5.09. The highest BCUT2D eigenvalue weighted by Crippen LogP contribution is 1.96. The molecule has 0 aromatic heterocycles. The van der Waals surface area contributed by atoms with E-state index in [9.17, 15) is 0 Å². The minimum absolute atomic E-state index is 1.00. The van der Waals surface area contributed by atoms with Crippen LogP contribution in [0.15, 0.2) is 11.5 Å². The Morgan fingerprint density at radius 3 is 2.71 bits per heavy atom. The number of nitrogens with two attached hydrogens (primary N) is 1. The zero-order chi connectivity index (χ0) is 5.70. The van der Waals surface area contributed by atoms with E-state index in [0.29, 0.717) is 0 Å². The fraction of sp³-hybridized carbons (Fsp3) is 0.250. The van der Waals surface area contributed by atoms with Crippen LogP contribution in [0.1, 0.15) is 6.92 Å². The van der Waals surface area contributed by atoms with E-state index in [1.54, 1.807) is 0 Å². The predicted molar refractivity (Wildman–Crippen MR) is 33.6 cm³/mol. The Morgan fingerprint density at radius 1 is 2.00 bits per heavy atom. The van der Waals surface area contributed by atoms with Gasteiger partial charge >= 0.3 is 0 Å². The molecule has 0 aliphatic carbocycles. The highest BCUT2D eigenvalue weighted by molar-refractivity contribution is 7.96. The second-order valence-corrected chi connectivity index (χ2v) is 2.23. The van der Waals surface area contributed by atoms with Gasteiger partial charge in [0.05, 0.1) is 11.9 Å². The molecule has 40 valence electrons. The lowest BCUT2D eigenvalue weighted by molar-refractivity contribution is -0.236. The van der Waals surface area contributed by atoms with Crippen molar-refractivity contribution in [3.63, 3.8) is 0 Å². The molecule has 0 radical (unpaired) electrons. The van der Waals surface area contributed by atoms with E-state index in [2.05, 4.69) is 11.0 Å². The van der Waals surface area contributed by atoms with Gasteiger partial charge in [0.25, 0.3) is 0 Å². The van der Waals surface area contributed by atoms with Gasteiger partial charge in [0.15, 0.2) is 0 Å². The summed E-state index contributed by atoms with van der Waals surface area (Å²) in [7, 11) is 0. The van der Waals surface area contributed by atoms with Crippen molar-refractivity contribution in [1.29, 1.82) is 0 Å². The Kier molecular flexibility index (Phi) is 3.50. The van der Waals surface area contributed by atoms with Gasteiger partial charge in [-0.25, -0.2) is 4.40 Å². The molecule has 0 saturated carbocycles. The number of hydrogen-bond acceptors (Lipinski definition) is 1. The van der Waals surface area contributed by atoms with Crippen molar-refractivity contribution < 1.29 is 4.40 Å². The Balaban J connectivity index is 3.14. The van der Waals surface area contributed by atoms with Crippen LogP contribution in [0.3, 0.4) is 0 Å². The van der Waals surface area contributed by atoms with E-state index in [-0.39, 0.29) is 0 Å². The number of allylic oxidation sites excluding steroid dienone is 1. The maximum absolute atomic E-state index is 4.98. The Bertz CT molecular complexity index is 87.7. The van der Waals surface area contributed by atoms with Crippen LogP contribution in [0.25, 0.3) is 0 Å². The fourth-order valence-electron chi connectivity index (χ4n) is 0.135. The molecule has 3 heteroatoms. The van der Waals surface area contributed by atoms with Gasteiger partial charge < -0.3 is 0 Å². The molecular weight excluding hydrogens is 108 g/mol. The summed E-state index contributed by atoms with van der Waals surface area (Å²) >= 11 is 1.41. The molecule has 0 aromatic rings.